The van der Waals surface area contributed by atoms with Crippen molar-refractivity contribution in [3.05, 3.63) is 77.0 Å². The van der Waals surface area contributed by atoms with E-state index in [0.717, 1.165) is 6.42 Å². The summed E-state index contributed by atoms with van der Waals surface area (Å²) in [6.45, 7) is 4.50. The SMILES string of the molecule is CCCCCc1ccc(C)c(-c2ccc3c([n+]2C)Cc2ccccc2-3)c1. The molecule has 3 aromatic rings. The first-order valence-electron chi connectivity index (χ1n) is 9.89. The number of fused-ring (bicyclic) bond motifs is 3. The lowest BCUT2D eigenvalue weighted by molar-refractivity contribution is -0.666. The molecule has 26 heavy (non-hydrogen) atoms. The highest BCUT2D eigenvalue weighted by Crippen LogP contribution is 2.36. The first kappa shape index (κ1) is 17.0. The molecule has 0 saturated carbocycles. The second kappa shape index (κ2) is 7.07. The minimum atomic E-state index is 1.03. The standard InChI is InChI=1S/C25H28N/c1-4-5-6-9-19-13-12-18(2)23(16-19)24-15-14-22-21-11-8-7-10-20(21)17-25(22)26(24)3/h7-8,10-16H,4-6,9,17H2,1-3H3/q+1. The zero-order valence-corrected chi connectivity index (χ0v) is 16.2. The van der Waals surface area contributed by atoms with Crippen LogP contribution in [-0.2, 0) is 19.9 Å². The molecule has 1 heterocycles. The molecule has 0 aliphatic heterocycles. The Kier molecular flexibility index (Phi) is 4.63. The van der Waals surface area contributed by atoms with Crippen molar-refractivity contribution in [1.29, 1.82) is 0 Å². The van der Waals surface area contributed by atoms with Crippen molar-refractivity contribution >= 4 is 0 Å². The number of rotatable bonds is 5. The van der Waals surface area contributed by atoms with Gasteiger partial charge in [0.1, 0.15) is 7.05 Å². The molecule has 0 atom stereocenters. The zero-order valence-electron chi connectivity index (χ0n) is 16.2. The maximum atomic E-state index is 2.41. The van der Waals surface area contributed by atoms with Gasteiger partial charge in [-0.25, -0.2) is 0 Å². The number of pyridine rings is 1. The lowest BCUT2D eigenvalue weighted by atomic mass is 9.97. The highest BCUT2D eigenvalue weighted by molar-refractivity contribution is 5.75. The van der Waals surface area contributed by atoms with Gasteiger partial charge in [-0.3, -0.25) is 0 Å². The van der Waals surface area contributed by atoms with E-state index in [1.807, 2.05) is 0 Å². The fraction of sp³-hybridized carbons (Fsp3) is 0.320. The van der Waals surface area contributed by atoms with E-state index in [4.69, 9.17) is 0 Å². The van der Waals surface area contributed by atoms with Crippen molar-refractivity contribution < 1.29 is 4.57 Å². The topological polar surface area (TPSA) is 3.88 Å². The molecule has 132 valence electrons. The molecular formula is C25H28N+. The van der Waals surface area contributed by atoms with E-state index in [0.29, 0.717) is 0 Å². The van der Waals surface area contributed by atoms with Crippen molar-refractivity contribution in [3.8, 4) is 22.4 Å². The smallest absolute Gasteiger partial charge is 0.197 e. The summed E-state index contributed by atoms with van der Waals surface area (Å²) in [5, 5.41) is 0. The molecule has 1 aliphatic rings. The molecule has 0 saturated heterocycles. The van der Waals surface area contributed by atoms with Gasteiger partial charge in [-0.2, -0.15) is 4.57 Å². The normalized spacial score (nSPS) is 12.1. The molecular weight excluding hydrogens is 314 g/mol. The van der Waals surface area contributed by atoms with Crippen LogP contribution in [0.3, 0.4) is 0 Å². The number of hydrogen-bond donors (Lipinski definition) is 0. The number of unbranched alkanes of at least 4 members (excludes halogenated alkanes) is 2. The van der Waals surface area contributed by atoms with Gasteiger partial charge in [0.25, 0.3) is 0 Å². The molecule has 1 nitrogen and oxygen atoms in total. The van der Waals surface area contributed by atoms with Gasteiger partial charge < -0.3 is 0 Å². The quantitative estimate of drug-likeness (QED) is 0.319. The van der Waals surface area contributed by atoms with Crippen LogP contribution in [0.4, 0.5) is 0 Å². The summed E-state index contributed by atoms with van der Waals surface area (Å²) in [6.07, 6.45) is 6.09. The van der Waals surface area contributed by atoms with E-state index in [2.05, 4.69) is 80.1 Å². The largest absolute Gasteiger partial charge is 0.212 e. The van der Waals surface area contributed by atoms with Crippen LogP contribution in [0.5, 0.6) is 0 Å². The second-order valence-electron chi connectivity index (χ2n) is 7.58. The fourth-order valence-corrected chi connectivity index (χ4v) is 4.22. The Labute approximate surface area is 157 Å². The monoisotopic (exact) mass is 342 g/mol. The van der Waals surface area contributed by atoms with E-state index in [-0.39, 0.29) is 0 Å². The molecule has 4 rings (SSSR count). The maximum Gasteiger partial charge on any atom is 0.212 e. The van der Waals surface area contributed by atoms with E-state index in [1.165, 1.54) is 70.5 Å². The third-order valence-corrected chi connectivity index (χ3v) is 5.80. The number of aryl methyl sites for hydroxylation is 2. The average Bonchev–Trinajstić information content (AvgIpc) is 3.04. The minimum Gasteiger partial charge on any atom is -0.197 e. The third kappa shape index (κ3) is 2.96. The summed E-state index contributed by atoms with van der Waals surface area (Å²) >= 11 is 0. The summed E-state index contributed by atoms with van der Waals surface area (Å²) in [4.78, 5) is 0. The van der Waals surface area contributed by atoms with Crippen LogP contribution < -0.4 is 4.57 Å². The number of nitrogens with zero attached hydrogens (tertiary/aromatic N) is 1. The Morgan fingerprint density at radius 1 is 0.885 bits per heavy atom. The van der Waals surface area contributed by atoms with Crippen molar-refractivity contribution in [3.63, 3.8) is 0 Å². The van der Waals surface area contributed by atoms with Gasteiger partial charge in [-0.05, 0) is 54.2 Å². The van der Waals surface area contributed by atoms with Crippen molar-refractivity contribution in [2.24, 2.45) is 7.05 Å². The first-order chi connectivity index (χ1) is 12.7. The lowest BCUT2D eigenvalue weighted by Crippen LogP contribution is -2.36. The Morgan fingerprint density at radius 3 is 2.58 bits per heavy atom. The van der Waals surface area contributed by atoms with E-state index in [9.17, 15) is 0 Å². The highest BCUT2D eigenvalue weighted by Gasteiger charge is 2.28. The number of benzene rings is 2. The molecule has 1 heteroatoms. The summed E-state index contributed by atoms with van der Waals surface area (Å²) in [6, 6.07) is 20.4. The molecule has 0 fully saturated rings. The van der Waals surface area contributed by atoms with Crippen LogP contribution in [0.25, 0.3) is 22.4 Å². The van der Waals surface area contributed by atoms with Crippen LogP contribution in [-0.4, -0.2) is 0 Å². The van der Waals surface area contributed by atoms with Crippen LogP contribution in [0.2, 0.25) is 0 Å². The summed E-state index contributed by atoms with van der Waals surface area (Å²) in [5.74, 6) is 0. The first-order valence-corrected chi connectivity index (χ1v) is 9.89. The Hall–Kier alpha value is -2.41. The van der Waals surface area contributed by atoms with Crippen molar-refractivity contribution in [2.75, 3.05) is 0 Å². The predicted molar refractivity (Wildman–Crippen MR) is 109 cm³/mol. The van der Waals surface area contributed by atoms with Crippen molar-refractivity contribution in [1.82, 2.24) is 0 Å². The molecule has 0 radical (unpaired) electrons. The highest BCUT2D eigenvalue weighted by atomic mass is 15.0. The molecule has 0 N–H and O–H groups in total. The molecule has 0 unspecified atom stereocenters. The lowest BCUT2D eigenvalue weighted by Gasteiger charge is -2.10. The third-order valence-electron chi connectivity index (χ3n) is 5.80. The maximum absolute atomic E-state index is 2.41. The molecule has 1 aromatic heterocycles. The van der Waals surface area contributed by atoms with Crippen molar-refractivity contribution in [2.45, 2.75) is 46.0 Å². The van der Waals surface area contributed by atoms with E-state index >= 15 is 0 Å². The molecule has 0 bridgehead atoms. The van der Waals surface area contributed by atoms with E-state index < -0.39 is 0 Å². The Balaban J connectivity index is 1.74. The Morgan fingerprint density at radius 2 is 1.73 bits per heavy atom. The molecule has 0 amide bonds. The van der Waals surface area contributed by atoms with Gasteiger partial charge in [0.05, 0.1) is 6.42 Å². The minimum absolute atomic E-state index is 1.03. The van der Waals surface area contributed by atoms with Gasteiger partial charge in [0.2, 0.25) is 5.69 Å². The average molecular weight is 343 g/mol. The zero-order chi connectivity index (χ0) is 18.1. The fourth-order valence-electron chi connectivity index (χ4n) is 4.22. The van der Waals surface area contributed by atoms with Crippen LogP contribution in [0, 0.1) is 6.92 Å². The van der Waals surface area contributed by atoms with E-state index in [1.54, 1.807) is 0 Å². The summed E-state index contributed by atoms with van der Waals surface area (Å²) in [5.41, 5.74) is 11.2. The molecule has 2 aromatic carbocycles. The van der Waals surface area contributed by atoms with Gasteiger partial charge in [-0.1, -0.05) is 56.2 Å². The van der Waals surface area contributed by atoms with Gasteiger partial charge in [-0.15, -0.1) is 0 Å². The number of aromatic nitrogens is 1. The second-order valence-corrected chi connectivity index (χ2v) is 7.58. The van der Waals surface area contributed by atoms with Gasteiger partial charge in [0.15, 0.2) is 5.69 Å². The van der Waals surface area contributed by atoms with Gasteiger partial charge >= 0.3 is 0 Å². The van der Waals surface area contributed by atoms with Crippen LogP contribution >= 0.6 is 0 Å². The van der Waals surface area contributed by atoms with Crippen LogP contribution in [0.15, 0.2) is 54.6 Å². The summed E-state index contributed by atoms with van der Waals surface area (Å²) < 4.78 is 2.41. The molecule has 1 aliphatic carbocycles. The van der Waals surface area contributed by atoms with Gasteiger partial charge in [0, 0.05) is 17.2 Å². The number of hydrogen-bond acceptors (Lipinski definition) is 0. The van der Waals surface area contributed by atoms with Crippen LogP contribution in [0.1, 0.15) is 48.6 Å². The predicted octanol–water partition coefficient (Wildman–Crippen LogP) is 5.79. The summed E-state index contributed by atoms with van der Waals surface area (Å²) in [7, 11) is 2.23. The molecule has 0 spiro atoms. The Bertz CT molecular complexity index is 952.